The number of rotatable bonds is 4. The van der Waals surface area contributed by atoms with Crippen LogP contribution < -0.4 is 5.32 Å². The smallest absolute Gasteiger partial charge is 0.328 e. The fourth-order valence-corrected chi connectivity index (χ4v) is 1.21. The van der Waals surface area contributed by atoms with Crippen LogP contribution in [-0.2, 0) is 4.79 Å². The van der Waals surface area contributed by atoms with Gasteiger partial charge in [-0.05, 0) is 0 Å². The van der Waals surface area contributed by atoms with Crippen molar-refractivity contribution in [2.75, 3.05) is 11.9 Å². The third-order valence-corrected chi connectivity index (χ3v) is 1.87. The number of aliphatic carboxylic acids is 1. The van der Waals surface area contributed by atoms with Gasteiger partial charge in [-0.25, -0.2) is 19.7 Å². The molecular weight excluding hydrogens is 210 g/mol. The Morgan fingerprint density at radius 3 is 3.19 bits per heavy atom. The summed E-state index contributed by atoms with van der Waals surface area (Å²) in [7, 11) is 0. The Morgan fingerprint density at radius 1 is 1.50 bits per heavy atom. The van der Waals surface area contributed by atoms with Gasteiger partial charge in [-0.2, -0.15) is 0 Å². The molecule has 0 amide bonds. The molecule has 0 bridgehead atoms. The molecule has 82 valence electrons. The van der Waals surface area contributed by atoms with Gasteiger partial charge < -0.3 is 15.4 Å². The van der Waals surface area contributed by atoms with E-state index in [4.69, 9.17) is 5.11 Å². The quantitative estimate of drug-likeness (QED) is 0.643. The molecule has 0 saturated carbocycles. The molecular formula is C9H9N5O2. The van der Waals surface area contributed by atoms with E-state index in [2.05, 4.69) is 25.3 Å². The number of anilines is 1. The highest BCUT2D eigenvalue weighted by atomic mass is 16.4. The van der Waals surface area contributed by atoms with E-state index in [-0.39, 0.29) is 0 Å². The van der Waals surface area contributed by atoms with Crippen LogP contribution in [0.1, 0.15) is 0 Å². The van der Waals surface area contributed by atoms with Crippen LogP contribution in [0.3, 0.4) is 0 Å². The third-order valence-electron chi connectivity index (χ3n) is 1.87. The molecule has 0 spiro atoms. The molecule has 16 heavy (non-hydrogen) atoms. The summed E-state index contributed by atoms with van der Waals surface area (Å²) in [4.78, 5) is 25.1. The van der Waals surface area contributed by atoms with E-state index in [0.717, 1.165) is 6.08 Å². The first-order chi connectivity index (χ1) is 7.77. The molecule has 2 rings (SSSR count). The lowest BCUT2D eigenvalue weighted by molar-refractivity contribution is -0.131. The lowest BCUT2D eigenvalue weighted by Gasteiger charge is -2.01. The molecule has 0 radical (unpaired) electrons. The number of imidazole rings is 1. The Kier molecular flexibility index (Phi) is 2.77. The Hall–Kier alpha value is -2.44. The highest BCUT2D eigenvalue weighted by Crippen LogP contribution is 2.13. The number of fused-ring (bicyclic) bond motifs is 1. The molecule has 7 heteroatoms. The van der Waals surface area contributed by atoms with Gasteiger partial charge in [0.15, 0.2) is 11.5 Å². The summed E-state index contributed by atoms with van der Waals surface area (Å²) in [6.07, 6.45) is 5.48. The maximum absolute atomic E-state index is 10.2. The highest BCUT2D eigenvalue weighted by Gasteiger charge is 2.03. The largest absolute Gasteiger partial charge is 0.478 e. The summed E-state index contributed by atoms with van der Waals surface area (Å²) in [6, 6.07) is 0. The average molecular weight is 219 g/mol. The van der Waals surface area contributed by atoms with Crippen LogP contribution in [0.4, 0.5) is 5.82 Å². The predicted octanol–water partition coefficient (Wildman–Crippen LogP) is 0.406. The number of aromatic amines is 1. The van der Waals surface area contributed by atoms with E-state index in [1.807, 2.05) is 0 Å². The minimum absolute atomic E-state index is 0.372. The first-order valence-electron chi connectivity index (χ1n) is 4.55. The maximum Gasteiger partial charge on any atom is 0.328 e. The van der Waals surface area contributed by atoms with Crippen LogP contribution in [0.25, 0.3) is 11.2 Å². The van der Waals surface area contributed by atoms with Gasteiger partial charge in [-0.15, -0.1) is 0 Å². The number of carboxylic acid groups (broad SMARTS) is 1. The van der Waals surface area contributed by atoms with Gasteiger partial charge in [0.1, 0.15) is 11.8 Å². The van der Waals surface area contributed by atoms with Crippen molar-refractivity contribution in [2.45, 2.75) is 0 Å². The zero-order valence-electron chi connectivity index (χ0n) is 8.21. The zero-order valence-corrected chi connectivity index (χ0v) is 8.21. The molecule has 0 aliphatic carbocycles. The van der Waals surface area contributed by atoms with E-state index >= 15 is 0 Å². The van der Waals surface area contributed by atoms with Crippen LogP contribution in [0.2, 0.25) is 0 Å². The first kappa shape index (κ1) is 10.1. The van der Waals surface area contributed by atoms with Crippen molar-refractivity contribution in [2.24, 2.45) is 0 Å². The summed E-state index contributed by atoms with van der Waals surface area (Å²) in [5, 5.41) is 11.3. The predicted molar refractivity (Wildman–Crippen MR) is 56.9 cm³/mol. The van der Waals surface area contributed by atoms with Crippen molar-refractivity contribution in [3.8, 4) is 0 Å². The first-order valence-corrected chi connectivity index (χ1v) is 4.55. The van der Waals surface area contributed by atoms with Gasteiger partial charge in [-0.3, -0.25) is 0 Å². The summed E-state index contributed by atoms with van der Waals surface area (Å²) in [6.45, 7) is 0.372. The van der Waals surface area contributed by atoms with Crippen molar-refractivity contribution >= 4 is 23.0 Å². The number of nitrogens with one attached hydrogen (secondary N) is 2. The van der Waals surface area contributed by atoms with Gasteiger partial charge in [0, 0.05) is 12.6 Å². The molecule has 0 aliphatic rings. The molecule has 0 aliphatic heterocycles. The summed E-state index contributed by atoms with van der Waals surface area (Å²) < 4.78 is 0. The lowest BCUT2D eigenvalue weighted by Crippen LogP contribution is -2.02. The number of H-pyrrole nitrogens is 1. The molecule has 7 nitrogen and oxygen atoms in total. The standard InChI is InChI=1S/C9H9N5O2/c15-6(16)2-1-3-10-8-7-9(12-4-11-7)14-5-13-8/h1-2,4-5H,3H2,(H,15,16)(H2,10,11,12,13,14)/b2-1-. The highest BCUT2D eigenvalue weighted by molar-refractivity contribution is 5.82. The molecule has 0 atom stereocenters. The zero-order chi connectivity index (χ0) is 11.4. The van der Waals surface area contributed by atoms with Gasteiger partial charge >= 0.3 is 5.97 Å². The number of hydrogen-bond donors (Lipinski definition) is 3. The van der Waals surface area contributed by atoms with Gasteiger partial charge in [-0.1, -0.05) is 6.08 Å². The summed E-state index contributed by atoms with van der Waals surface area (Å²) in [5.41, 5.74) is 1.27. The van der Waals surface area contributed by atoms with E-state index in [0.29, 0.717) is 23.5 Å². The molecule has 0 saturated heterocycles. The van der Waals surface area contributed by atoms with E-state index in [1.54, 1.807) is 0 Å². The van der Waals surface area contributed by atoms with E-state index < -0.39 is 5.97 Å². The molecule has 0 unspecified atom stereocenters. The second-order valence-corrected chi connectivity index (χ2v) is 2.94. The van der Waals surface area contributed by atoms with Crippen molar-refractivity contribution in [3.05, 3.63) is 24.8 Å². The summed E-state index contributed by atoms with van der Waals surface area (Å²) >= 11 is 0. The molecule has 3 N–H and O–H groups in total. The van der Waals surface area contributed by atoms with Crippen molar-refractivity contribution in [1.82, 2.24) is 19.9 Å². The van der Waals surface area contributed by atoms with Crippen molar-refractivity contribution < 1.29 is 9.90 Å². The molecule has 0 aromatic carbocycles. The van der Waals surface area contributed by atoms with Crippen LogP contribution >= 0.6 is 0 Å². The fourth-order valence-electron chi connectivity index (χ4n) is 1.21. The minimum atomic E-state index is -0.976. The van der Waals surface area contributed by atoms with Crippen molar-refractivity contribution in [3.63, 3.8) is 0 Å². The number of hydrogen-bond acceptors (Lipinski definition) is 5. The Labute approximate surface area is 90.3 Å². The Balaban J connectivity index is 2.09. The van der Waals surface area contributed by atoms with Crippen LogP contribution in [0, 0.1) is 0 Å². The third kappa shape index (κ3) is 2.14. The lowest BCUT2D eigenvalue weighted by atomic mass is 10.4. The molecule has 0 fully saturated rings. The van der Waals surface area contributed by atoms with E-state index in [1.165, 1.54) is 18.7 Å². The normalized spacial score (nSPS) is 11.0. The molecule has 2 aromatic rings. The topological polar surface area (TPSA) is 104 Å². The van der Waals surface area contributed by atoms with E-state index in [9.17, 15) is 4.79 Å². The summed E-state index contributed by atoms with van der Waals surface area (Å²) in [5.74, 6) is -0.381. The number of carboxylic acids is 1. The van der Waals surface area contributed by atoms with Crippen LogP contribution in [0.15, 0.2) is 24.8 Å². The average Bonchev–Trinajstić information content (AvgIpc) is 2.72. The van der Waals surface area contributed by atoms with Gasteiger partial charge in [0.25, 0.3) is 0 Å². The van der Waals surface area contributed by atoms with Crippen molar-refractivity contribution in [1.29, 1.82) is 0 Å². The van der Waals surface area contributed by atoms with Gasteiger partial charge in [0.05, 0.1) is 6.33 Å². The molecule has 2 heterocycles. The van der Waals surface area contributed by atoms with Crippen LogP contribution in [-0.4, -0.2) is 37.6 Å². The monoisotopic (exact) mass is 219 g/mol. The maximum atomic E-state index is 10.2. The SMILES string of the molecule is O=C(O)/C=C\CNc1ncnc2nc[nH]c12. The molecule has 2 aromatic heterocycles. The second kappa shape index (κ2) is 4.39. The number of carbonyl (C=O) groups is 1. The Morgan fingerprint density at radius 2 is 2.38 bits per heavy atom. The number of nitrogens with zero attached hydrogens (tertiary/aromatic N) is 3. The minimum Gasteiger partial charge on any atom is -0.478 e. The second-order valence-electron chi connectivity index (χ2n) is 2.94. The Bertz CT molecular complexity index is 533. The van der Waals surface area contributed by atoms with Crippen LogP contribution in [0.5, 0.6) is 0 Å². The number of aromatic nitrogens is 4. The fraction of sp³-hybridized carbons (Fsp3) is 0.111. The van der Waals surface area contributed by atoms with Gasteiger partial charge in [0.2, 0.25) is 0 Å².